The van der Waals surface area contributed by atoms with E-state index in [4.69, 9.17) is 9.05 Å². The molecule has 0 radical (unpaired) electrons. The van der Waals surface area contributed by atoms with Gasteiger partial charge in [0.1, 0.15) is 13.2 Å². The number of rotatable bonds is 56. The van der Waals surface area contributed by atoms with Gasteiger partial charge in [-0.15, -0.1) is 0 Å². The largest absolute Gasteiger partial charge is 0.756 e. The van der Waals surface area contributed by atoms with Crippen molar-refractivity contribution in [3.63, 3.8) is 0 Å². The molecule has 0 rings (SSSR count). The van der Waals surface area contributed by atoms with Gasteiger partial charge in [0.25, 0.3) is 7.82 Å². The number of carbonyl (C=O) groups is 1. The van der Waals surface area contributed by atoms with Gasteiger partial charge >= 0.3 is 0 Å². The number of unbranched alkanes of at least 4 members (excludes halogenated alkanes) is 33. The molecule has 2 N–H and O–H groups in total. The number of nitrogens with zero attached hydrogens (tertiary/aromatic N) is 1. The second-order valence-electron chi connectivity index (χ2n) is 22.0. The predicted molar refractivity (Wildman–Crippen MR) is 316 cm³/mol. The van der Waals surface area contributed by atoms with E-state index in [1.54, 1.807) is 6.08 Å². The van der Waals surface area contributed by atoms with Gasteiger partial charge in [-0.2, -0.15) is 0 Å². The van der Waals surface area contributed by atoms with Crippen LogP contribution in [0, 0.1) is 0 Å². The Hall–Kier alpha value is -2.06. The van der Waals surface area contributed by atoms with Crippen molar-refractivity contribution in [2.24, 2.45) is 0 Å². The number of allylic oxidation sites excluding steroid dienone is 11. The molecule has 0 aliphatic carbocycles. The number of likely N-dealkylation sites (N-methyl/N-ethyl adjacent to an activating group) is 1. The van der Waals surface area contributed by atoms with E-state index in [-0.39, 0.29) is 12.5 Å². The third-order valence-corrected chi connectivity index (χ3v) is 14.6. The Labute approximate surface area is 453 Å². The van der Waals surface area contributed by atoms with Gasteiger partial charge in [0, 0.05) is 6.42 Å². The number of hydrogen-bond acceptors (Lipinski definition) is 6. The highest BCUT2D eigenvalue weighted by Crippen LogP contribution is 2.38. The van der Waals surface area contributed by atoms with Crippen LogP contribution in [0.25, 0.3) is 0 Å². The van der Waals surface area contributed by atoms with E-state index in [9.17, 15) is 19.4 Å². The van der Waals surface area contributed by atoms with E-state index in [0.29, 0.717) is 17.4 Å². The predicted octanol–water partition coefficient (Wildman–Crippen LogP) is 18.4. The number of aliphatic hydroxyl groups is 1. The molecule has 3 unspecified atom stereocenters. The summed E-state index contributed by atoms with van der Waals surface area (Å²) in [4.78, 5) is 25.5. The zero-order valence-electron chi connectivity index (χ0n) is 48.6. The van der Waals surface area contributed by atoms with E-state index in [1.165, 1.54) is 186 Å². The second kappa shape index (κ2) is 54.7. The molecule has 3 atom stereocenters. The highest BCUT2D eigenvalue weighted by atomic mass is 31.2. The number of amides is 1. The summed E-state index contributed by atoms with van der Waals surface area (Å²) in [6.07, 6.45) is 75.7. The van der Waals surface area contributed by atoms with Crippen LogP contribution in [0.4, 0.5) is 0 Å². The third kappa shape index (κ3) is 57.5. The summed E-state index contributed by atoms with van der Waals surface area (Å²) in [5, 5.41) is 13.9. The molecule has 0 aromatic rings. The zero-order valence-corrected chi connectivity index (χ0v) is 49.5. The number of phosphoric acid groups is 1. The van der Waals surface area contributed by atoms with Gasteiger partial charge in [0.15, 0.2) is 0 Å². The minimum Gasteiger partial charge on any atom is -0.756 e. The molecule has 1 amide bonds. The van der Waals surface area contributed by atoms with Crippen LogP contribution in [0.3, 0.4) is 0 Å². The maximum atomic E-state index is 13.0. The Bertz CT molecular complexity index is 1420. The first kappa shape index (κ1) is 70.9. The van der Waals surface area contributed by atoms with Crippen LogP contribution >= 0.6 is 7.82 Å². The molecule has 0 fully saturated rings. The zero-order chi connectivity index (χ0) is 53.5. The first-order valence-corrected chi connectivity index (χ1v) is 32.3. The number of phosphoric ester groups is 1. The second-order valence-corrected chi connectivity index (χ2v) is 23.4. The van der Waals surface area contributed by atoms with Crippen molar-refractivity contribution in [3.05, 3.63) is 72.9 Å². The van der Waals surface area contributed by atoms with Crippen molar-refractivity contribution >= 4 is 13.7 Å². The number of aliphatic hydroxyl groups excluding tert-OH is 1. The Morgan fingerprint density at radius 1 is 0.479 bits per heavy atom. The average molecular weight is 1040 g/mol. The van der Waals surface area contributed by atoms with Crippen molar-refractivity contribution in [2.75, 3.05) is 40.9 Å². The summed E-state index contributed by atoms with van der Waals surface area (Å²) >= 11 is 0. The normalized spacial score (nSPS) is 14.3. The topological polar surface area (TPSA) is 108 Å². The van der Waals surface area contributed by atoms with Gasteiger partial charge in [-0.25, -0.2) is 0 Å². The van der Waals surface area contributed by atoms with Gasteiger partial charge in [-0.05, 0) is 83.5 Å². The molecule has 426 valence electrons. The Kier molecular flexibility index (Phi) is 53.2. The van der Waals surface area contributed by atoms with Crippen molar-refractivity contribution in [1.82, 2.24) is 5.32 Å². The molecular formula is C64H119N2O6P. The number of hydrogen-bond donors (Lipinski definition) is 2. The smallest absolute Gasteiger partial charge is 0.268 e. The van der Waals surface area contributed by atoms with Gasteiger partial charge in [0.05, 0.1) is 39.9 Å². The van der Waals surface area contributed by atoms with Crippen molar-refractivity contribution in [2.45, 2.75) is 289 Å². The first-order valence-electron chi connectivity index (χ1n) is 30.8. The van der Waals surface area contributed by atoms with E-state index in [0.717, 1.165) is 70.6 Å². The first-order chi connectivity index (χ1) is 35.5. The molecule has 0 aromatic heterocycles. The molecule has 0 saturated carbocycles. The lowest BCUT2D eigenvalue weighted by Crippen LogP contribution is -2.45. The molecule has 9 heteroatoms. The fraction of sp³-hybridized carbons (Fsp3) is 0.797. The highest BCUT2D eigenvalue weighted by Gasteiger charge is 2.23. The Morgan fingerprint density at radius 2 is 0.808 bits per heavy atom. The van der Waals surface area contributed by atoms with Crippen LogP contribution in [0.5, 0.6) is 0 Å². The Balaban J connectivity index is 4.26. The van der Waals surface area contributed by atoms with Crippen LogP contribution in [-0.2, 0) is 18.4 Å². The molecule has 0 bridgehead atoms. The molecule has 0 aromatic carbocycles. The monoisotopic (exact) mass is 1040 g/mol. The summed E-state index contributed by atoms with van der Waals surface area (Å²) in [6, 6.07) is -0.922. The van der Waals surface area contributed by atoms with Gasteiger partial charge in [-0.3, -0.25) is 9.36 Å². The number of nitrogens with one attached hydrogen (secondary N) is 1. The quantitative estimate of drug-likeness (QED) is 0.0272. The fourth-order valence-corrected chi connectivity index (χ4v) is 9.50. The van der Waals surface area contributed by atoms with E-state index in [2.05, 4.69) is 79.9 Å². The molecule has 73 heavy (non-hydrogen) atoms. The van der Waals surface area contributed by atoms with Gasteiger partial charge < -0.3 is 28.8 Å². The molecule has 0 aliphatic heterocycles. The molecule has 0 spiro atoms. The minimum atomic E-state index is -4.62. The fourth-order valence-electron chi connectivity index (χ4n) is 8.78. The van der Waals surface area contributed by atoms with Gasteiger partial charge in [0.2, 0.25) is 5.91 Å². The van der Waals surface area contributed by atoms with Crippen molar-refractivity contribution in [1.29, 1.82) is 0 Å². The lowest BCUT2D eigenvalue weighted by atomic mass is 10.0. The van der Waals surface area contributed by atoms with E-state index < -0.39 is 26.6 Å². The summed E-state index contributed by atoms with van der Waals surface area (Å²) in [5.74, 6) is -0.224. The molecule has 8 nitrogen and oxygen atoms in total. The third-order valence-electron chi connectivity index (χ3n) is 13.6. The minimum absolute atomic E-state index is 0.0147. The highest BCUT2D eigenvalue weighted by molar-refractivity contribution is 7.45. The lowest BCUT2D eigenvalue weighted by Gasteiger charge is -2.29. The maximum Gasteiger partial charge on any atom is 0.268 e. The van der Waals surface area contributed by atoms with Crippen molar-refractivity contribution in [3.8, 4) is 0 Å². The van der Waals surface area contributed by atoms with E-state index >= 15 is 0 Å². The lowest BCUT2D eigenvalue weighted by molar-refractivity contribution is -0.870. The number of carbonyl (C=O) groups excluding carboxylic acids is 1. The molecule has 0 aliphatic rings. The average Bonchev–Trinajstić information content (AvgIpc) is 3.35. The van der Waals surface area contributed by atoms with E-state index in [1.807, 2.05) is 27.2 Å². The van der Waals surface area contributed by atoms with Crippen LogP contribution in [0.2, 0.25) is 0 Å². The van der Waals surface area contributed by atoms with Crippen LogP contribution < -0.4 is 10.2 Å². The summed E-state index contributed by atoms with van der Waals surface area (Å²) in [7, 11) is 1.22. The van der Waals surface area contributed by atoms with Crippen molar-refractivity contribution < 1.29 is 32.9 Å². The van der Waals surface area contributed by atoms with Gasteiger partial charge in [-0.1, -0.05) is 260 Å². The molecular weight excluding hydrogens is 924 g/mol. The standard InChI is InChI=1S/C64H119N2O6P/c1-6-8-10-12-14-16-18-20-22-24-26-28-29-30-31-32-33-34-35-36-38-39-41-43-45-47-49-51-53-55-57-63(67)62(61-72-73(69,70)71-60-59-66(3,4)5)65-64(68)58-56-54-52-50-48-46-44-42-40-37-27-25-23-21-19-17-15-13-11-9-7-2/h19,21,25,27,39-42,47,49,55,57,62-63,67H,6-18,20,22-24,26,28-38,43-46,48,50-54,56,58-61H2,1-5H3,(H-,65,68,69,70)/b21-19-,27-25-,41-39+,42-40-,49-47+,57-55+. The molecule has 0 heterocycles. The summed E-state index contributed by atoms with van der Waals surface area (Å²) < 4.78 is 23.3. The summed E-state index contributed by atoms with van der Waals surface area (Å²) in [5.41, 5.74) is 0. The molecule has 0 saturated heterocycles. The summed E-state index contributed by atoms with van der Waals surface area (Å²) in [6.45, 7) is 4.62. The number of quaternary nitrogens is 1. The van der Waals surface area contributed by atoms with Crippen LogP contribution in [0.15, 0.2) is 72.9 Å². The maximum absolute atomic E-state index is 13.0. The van der Waals surface area contributed by atoms with Crippen LogP contribution in [0.1, 0.15) is 277 Å². The SMILES string of the molecule is CCCCCCC/C=C\C/C=C\C/C=C\CCCCCCCCC(=O)NC(COP(=O)([O-])OCC[N+](C)(C)C)C(O)/C=C/CC/C=C/CC/C=C/CCCCCCCCCCCCCCCCCCCCCC. The van der Waals surface area contributed by atoms with Crippen LogP contribution in [-0.4, -0.2) is 68.5 Å². The Morgan fingerprint density at radius 3 is 1.21 bits per heavy atom.